The number of aromatic nitrogens is 2. The van der Waals surface area contributed by atoms with Crippen LogP contribution in [0.15, 0.2) is 23.1 Å². The molecule has 2 rings (SSSR count). The zero-order valence-corrected chi connectivity index (χ0v) is 8.62. The number of nitrogens with zero attached hydrogens (tertiary/aromatic N) is 2. The lowest BCUT2D eigenvalue weighted by molar-refractivity contribution is 0.624. The number of aryl methyl sites for hydroxylation is 2. The highest BCUT2D eigenvalue weighted by Crippen LogP contribution is 2.08. The Kier molecular flexibility index (Phi) is 2.26. The first-order valence-corrected chi connectivity index (χ1v) is 4.80. The van der Waals surface area contributed by atoms with Crippen LogP contribution in [-0.4, -0.2) is 9.38 Å². The molecule has 2 heterocycles. The van der Waals surface area contributed by atoms with Crippen molar-refractivity contribution in [3.05, 3.63) is 45.8 Å². The van der Waals surface area contributed by atoms with Gasteiger partial charge in [-0.05, 0) is 25.0 Å². The fourth-order valence-electron chi connectivity index (χ4n) is 1.52. The number of fused-ring (bicyclic) bond motifs is 1. The van der Waals surface area contributed by atoms with Crippen molar-refractivity contribution in [3.8, 4) is 0 Å². The van der Waals surface area contributed by atoms with E-state index in [0.717, 1.165) is 0 Å². The predicted molar refractivity (Wildman–Crippen MR) is 55.5 cm³/mol. The highest BCUT2D eigenvalue weighted by Gasteiger charge is 2.06. The van der Waals surface area contributed by atoms with Crippen LogP contribution in [0.3, 0.4) is 0 Å². The molecule has 0 saturated heterocycles. The number of hydrogen-bond acceptors (Lipinski definition) is 2. The van der Waals surface area contributed by atoms with Gasteiger partial charge in [0, 0.05) is 18.0 Å². The molecule has 0 aromatic carbocycles. The van der Waals surface area contributed by atoms with Gasteiger partial charge >= 0.3 is 0 Å². The molecule has 0 amide bonds. The summed E-state index contributed by atoms with van der Waals surface area (Å²) in [6, 6.07) is 2.81. The fourth-order valence-corrected chi connectivity index (χ4v) is 1.52. The molecule has 15 heavy (non-hydrogen) atoms. The third kappa shape index (κ3) is 1.63. The summed E-state index contributed by atoms with van der Waals surface area (Å²) in [6.07, 6.45) is 2.21. The Hall–Kier alpha value is -1.71. The minimum Gasteiger partial charge on any atom is -0.269 e. The Bertz CT molecular complexity index is 575. The highest BCUT2D eigenvalue weighted by atomic mass is 19.1. The van der Waals surface area contributed by atoms with Crippen LogP contribution in [0.4, 0.5) is 4.39 Å². The molecule has 0 atom stereocenters. The van der Waals surface area contributed by atoms with Crippen LogP contribution >= 0.6 is 0 Å². The van der Waals surface area contributed by atoms with E-state index in [-0.39, 0.29) is 11.2 Å². The van der Waals surface area contributed by atoms with Crippen molar-refractivity contribution in [1.82, 2.24) is 9.38 Å². The van der Waals surface area contributed by atoms with Gasteiger partial charge in [0.2, 0.25) is 0 Å². The van der Waals surface area contributed by atoms with E-state index in [1.807, 2.05) is 6.92 Å². The van der Waals surface area contributed by atoms with Crippen LogP contribution in [0.1, 0.15) is 18.2 Å². The van der Waals surface area contributed by atoms with Crippen molar-refractivity contribution in [1.29, 1.82) is 0 Å². The van der Waals surface area contributed by atoms with E-state index in [4.69, 9.17) is 0 Å². The lowest BCUT2D eigenvalue weighted by atomic mass is 10.3. The summed E-state index contributed by atoms with van der Waals surface area (Å²) in [5, 5.41) is 0. The Labute approximate surface area is 86.2 Å². The molecule has 0 aliphatic heterocycles. The van der Waals surface area contributed by atoms with Gasteiger partial charge in [0.25, 0.3) is 5.56 Å². The number of rotatable bonds is 1. The van der Waals surface area contributed by atoms with Crippen molar-refractivity contribution in [2.75, 3.05) is 0 Å². The Morgan fingerprint density at radius 1 is 1.47 bits per heavy atom. The maximum absolute atomic E-state index is 13.5. The van der Waals surface area contributed by atoms with Crippen LogP contribution in [0, 0.1) is 12.7 Å². The Balaban J connectivity index is 2.91. The lowest BCUT2D eigenvalue weighted by Crippen LogP contribution is -2.16. The summed E-state index contributed by atoms with van der Waals surface area (Å²) in [4.78, 5) is 15.7. The molecule has 0 radical (unpaired) electrons. The molecule has 0 bridgehead atoms. The molecule has 0 saturated carbocycles. The normalized spacial score (nSPS) is 10.9. The minimum atomic E-state index is -0.456. The topological polar surface area (TPSA) is 34.4 Å². The van der Waals surface area contributed by atoms with E-state index in [0.29, 0.717) is 17.7 Å². The van der Waals surface area contributed by atoms with E-state index in [9.17, 15) is 9.18 Å². The van der Waals surface area contributed by atoms with E-state index >= 15 is 0 Å². The molecule has 2 aromatic heterocycles. The molecule has 0 fully saturated rings. The van der Waals surface area contributed by atoms with Gasteiger partial charge in [0.1, 0.15) is 0 Å². The Morgan fingerprint density at radius 3 is 2.87 bits per heavy atom. The molecular formula is C11H11FN2O. The zero-order chi connectivity index (χ0) is 11.0. The second kappa shape index (κ2) is 3.46. The van der Waals surface area contributed by atoms with Gasteiger partial charge in [-0.2, -0.15) is 0 Å². The standard InChI is InChI=1S/C11H11FN2O/c1-3-8-5-10(15)14-6-7(2)4-9(12)11(14)13-8/h4-6H,3H2,1-2H3. The second-order valence-electron chi connectivity index (χ2n) is 3.50. The van der Waals surface area contributed by atoms with Gasteiger partial charge in [-0.1, -0.05) is 6.92 Å². The highest BCUT2D eigenvalue weighted by molar-refractivity contribution is 5.41. The van der Waals surface area contributed by atoms with Crippen LogP contribution in [0.25, 0.3) is 5.65 Å². The molecule has 0 aliphatic carbocycles. The largest absolute Gasteiger partial charge is 0.269 e. The van der Waals surface area contributed by atoms with Crippen molar-refractivity contribution in [3.63, 3.8) is 0 Å². The van der Waals surface area contributed by atoms with E-state index in [1.165, 1.54) is 16.5 Å². The van der Waals surface area contributed by atoms with Gasteiger partial charge < -0.3 is 0 Å². The van der Waals surface area contributed by atoms with Crippen LogP contribution in [0.5, 0.6) is 0 Å². The molecular weight excluding hydrogens is 195 g/mol. The molecule has 0 spiro atoms. The first-order chi connectivity index (χ1) is 7.11. The minimum absolute atomic E-state index is 0.102. The maximum Gasteiger partial charge on any atom is 0.258 e. The van der Waals surface area contributed by atoms with Crippen molar-refractivity contribution in [2.24, 2.45) is 0 Å². The van der Waals surface area contributed by atoms with E-state index in [2.05, 4.69) is 4.98 Å². The van der Waals surface area contributed by atoms with Gasteiger partial charge in [0.15, 0.2) is 11.5 Å². The van der Waals surface area contributed by atoms with Crippen molar-refractivity contribution >= 4 is 5.65 Å². The smallest absolute Gasteiger partial charge is 0.258 e. The molecule has 4 heteroatoms. The van der Waals surface area contributed by atoms with E-state index in [1.54, 1.807) is 13.1 Å². The summed E-state index contributed by atoms with van der Waals surface area (Å²) in [7, 11) is 0. The molecule has 0 unspecified atom stereocenters. The molecule has 0 aliphatic rings. The molecule has 2 aromatic rings. The lowest BCUT2D eigenvalue weighted by Gasteiger charge is -2.04. The quantitative estimate of drug-likeness (QED) is 0.711. The third-order valence-electron chi connectivity index (χ3n) is 2.27. The summed E-state index contributed by atoms with van der Waals surface area (Å²) in [6.45, 7) is 3.62. The number of halogens is 1. The first-order valence-electron chi connectivity index (χ1n) is 4.80. The molecule has 0 N–H and O–H groups in total. The van der Waals surface area contributed by atoms with Crippen LogP contribution in [-0.2, 0) is 6.42 Å². The van der Waals surface area contributed by atoms with Crippen LogP contribution in [0.2, 0.25) is 0 Å². The average molecular weight is 206 g/mol. The summed E-state index contributed by atoms with van der Waals surface area (Å²) >= 11 is 0. The third-order valence-corrected chi connectivity index (χ3v) is 2.27. The summed E-state index contributed by atoms with van der Waals surface area (Å²) in [5.41, 5.74) is 1.18. The maximum atomic E-state index is 13.5. The molecule has 78 valence electrons. The summed E-state index contributed by atoms with van der Waals surface area (Å²) in [5.74, 6) is -0.456. The van der Waals surface area contributed by atoms with Gasteiger partial charge in [0.05, 0.1) is 0 Å². The molecule has 3 nitrogen and oxygen atoms in total. The average Bonchev–Trinajstić information content (AvgIpc) is 2.19. The van der Waals surface area contributed by atoms with Crippen molar-refractivity contribution < 1.29 is 4.39 Å². The second-order valence-corrected chi connectivity index (χ2v) is 3.50. The first kappa shape index (κ1) is 9.83. The van der Waals surface area contributed by atoms with Gasteiger partial charge in [-0.3, -0.25) is 9.20 Å². The monoisotopic (exact) mass is 206 g/mol. The van der Waals surface area contributed by atoms with Gasteiger partial charge in [-0.25, -0.2) is 9.37 Å². The van der Waals surface area contributed by atoms with E-state index < -0.39 is 5.82 Å². The van der Waals surface area contributed by atoms with Gasteiger partial charge in [-0.15, -0.1) is 0 Å². The Morgan fingerprint density at radius 2 is 2.20 bits per heavy atom. The number of hydrogen-bond donors (Lipinski definition) is 0. The summed E-state index contributed by atoms with van der Waals surface area (Å²) < 4.78 is 14.8. The fraction of sp³-hybridized carbons (Fsp3) is 0.273. The van der Waals surface area contributed by atoms with Crippen molar-refractivity contribution in [2.45, 2.75) is 20.3 Å². The number of pyridine rings is 1. The zero-order valence-electron chi connectivity index (χ0n) is 8.62. The SMILES string of the molecule is CCc1cc(=O)n2cc(C)cc(F)c2n1. The predicted octanol–water partition coefficient (Wildman–Crippen LogP) is 1.70. The van der Waals surface area contributed by atoms with Crippen LogP contribution < -0.4 is 5.56 Å².